The molecule has 0 spiro atoms. The summed E-state index contributed by atoms with van der Waals surface area (Å²) in [6, 6.07) is 8.19. The molecule has 0 aliphatic heterocycles. The van der Waals surface area contributed by atoms with Crippen LogP contribution in [0.1, 0.15) is 43.2 Å². The van der Waals surface area contributed by atoms with E-state index in [1.54, 1.807) is 0 Å². The van der Waals surface area contributed by atoms with Gasteiger partial charge in [-0.3, -0.25) is 0 Å². The summed E-state index contributed by atoms with van der Waals surface area (Å²) in [5.74, 6) is 0.680. The lowest BCUT2D eigenvalue weighted by atomic mass is 9.89. The number of nitrogens with one attached hydrogen (secondary N) is 2. The smallest absolute Gasteiger partial charge is 0.315 e. The lowest BCUT2D eigenvalue weighted by Crippen LogP contribution is -2.38. The summed E-state index contributed by atoms with van der Waals surface area (Å²) >= 11 is 0. The Kier molecular flexibility index (Phi) is 5.25. The van der Waals surface area contributed by atoms with Crippen molar-refractivity contribution < 1.29 is 4.79 Å². The molecule has 1 aromatic rings. The third kappa shape index (κ3) is 4.93. The summed E-state index contributed by atoms with van der Waals surface area (Å²) in [5, 5.41) is 5.89. The van der Waals surface area contributed by atoms with Gasteiger partial charge in [0.25, 0.3) is 0 Å². The summed E-state index contributed by atoms with van der Waals surface area (Å²) < 4.78 is 0. The van der Waals surface area contributed by atoms with Gasteiger partial charge < -0.3 is 10.6 Å². The molecular weight excluding hydrogens is 236 g/mol. The SMILES string of the molecule is Cc1ccc(CNC(=O)NCC2CCCCC2)cc1. The van der Waals surface area contributed by atoms with Crippen LogP contribution in [0.5, 0.6) is 0 Å². The minimum Gasteiger partial charge on any atom is -0.338 e. The van der Waals surface area contributed by atoms with Gasteiger partial charge in [-0.1, -0.05) is 49.1 Å². The highest BCUT2D eigenvalue weighted by molar-refractivity contribution is 5.73. The van der Waals surface area contributed by atoms with E-state index < -0.39 is 0 Å². The number of hydrogen-bond acceptors (Lipinski definition) is 1. The highest BCUT2D eigenvalue weighted by Crippen LogP contribution is 2.22. The molecule has 1 saturated carbocycles. The Balaban J connectivity index is 1.65. The maximum absolute atomic E-state index is 11.7. The predicted octanol–water partition coefficient (Wildman–Crippen LogP) is 3.37. The van der Waals surface area contributed by atoms with Gasteiger partial charge in [-0.2, -0.15) is 0 Å². The Bertz CT molecular complexity index is 394. The van der Waals surface area contributed by atoms with Gasteiger partial charge >= 0.3 is 6.03 Å². The molecule has 1 aromatic carbocycles. The van der Waals surface area contributed by atoms with Gasteiger partial charge in [0, 0.05) is 13.1 Å². The van der Waals surface area contributed by atoms with Crippen LogP contribution in [0.15, 0.2) is 24.3 Å². The number of amides is 2. The van der Waals surface area contributed by atoms with E-state index in [2.05, 4.69) is 41.8 Å². The molecule has 0 unspecified atom stereocenters. The number of hydrogen-bond donors (Lipinski definition) is 2. The number of urea groups is 1. The second-order valence-electron chi connectivity index (χ2n) is 5.55. The molecule has 3 heteroatoms. The first kappa shape index (κ1) is 13.9. The van der Waals surface area contributed by atoms with Crippen molar-refractivity contribution in [2.75, 3.05) is 6.54 Å². The lowest BCUT2D eigenvalue weighted by Gasteiger charge is -2.21. The molecule has 1 aliphatic carbocycles. The Morgan fingerprint density at radius 1 is 1.11 bits per heavy atom. The second-order valence-corrected chi connectivity index (χ2v) is 5.55. The van der Waals surface area contributed by atoms with E-state index in [1.807, 2.05) is 0 Å². The fraction of sp³-hybridized carbons (Fsp3) is 0.562. The van der Waals surface area contributed by atoms with Crippen molar-refractivity contribution >= 4 is 6.03 Å². The molecule has 1 fully saturated rings. The maximum Gasteiger partial charge on any atom is 0.315 e. The van der Waals surface area contributed by atoms with Crippen LogP contribution >= 0.6 is 0 Å². The topological polar surface area (TPSA) is 41.1 Å². The average Bonchev–Trinajstić information content (AvgIpc) is 2.45. The van der Waals surface area contributed by atoms with Crippen LogP contribution in [0.3, 0.4) is 0 Å². The van der Waals surface area contributed by atoms with Crippen molar-refractivity contribution in [3.05, 3.63) is 35.4 Å². The van der Waals surface area contributed by atoms with Gasteiger partial charge in [-0.05, 0) is 31.2 Å². The molecule has 104 valence electrons. The van der Waals surface area contributed by atoms with Gasteiger partial charge in [0.15, 0.2) is 0 Å². The summed E-state index contributed by atoms with van der Waals surface area (Å²) in [6.45, 7) is 3.48. The molecule has 3 nitrogen and oxygen atoms in total. The van der Waals surface area contributed by atoms with E-state index in [-0.39, 0.29) is 6.03 Å². The lowest BCUT2D eigenvalue weighted by molar-refractivity contribution is 0.236. The third-order valence-electron chi connectivity index (χ3n) is 3.85. The van der Waals surface area contributed by atoms with E-state index in [0.717, 1.165) is 12.1 Å². The van der Waals surface area contributed by atoms with Crippen molar-refractivity contribution in [2.24, 2.45) is 5.92 Å². The van der Waals surface area contributed by atoms with Crippen molar-refractivity contribution in [1.29, 1.82) is 0 Å². The predicted molar refractivity (Wildman–Crippen MR) is 78.0 cm³/mol. The molecule has 0 bridgehead atoms. The molecule has 2 N–H and O–H groups in total. The molecule has 0 atom stereocenters. The van der Waals surface area contributed by atoms with E-state index in [0.29, 0.717) is 12.5 Å². The number of rotatable bonds is 4. The van der Waals surface area contributed by atoms with Gasteiger partial charge in [-0.25, -0.2) is 4.79 Å². The molecule has 19 heavy (non-hydrogen) atoms. The van der Waals surface area contributed by atoms with E-state index in [4.69, 9.17) is 0 Å². The molecular formula is C16H24N2O. The van der Waals surface area contributed by atoms with Crippen molar-refractivity contribution in [3.8, 4) is 0 Å². The summed E-state index contributed by atoms with van der Waals surface area (Å²) in [5.41, 5.74) is 2.38. The quantitative estimate of drug-likeness (QED) is 0.856. The van der Waals surface area contributed by atoms with E-state index >= 15 is 0 Å². The average molecular weight is 260 g/mol. The van der Waals surface area contributed by atoms with Crippen LogP contribution in [-0.4, -0.2) is 12.6 Å². The molecule has 1 aliphatic rings. The zero-order valence-electron chi connectivity index (χ0n) is 11.7. The Labute approximate surface area is 115 Å². The van der Waals surface area contributed by atoms with Crippen LogP contribution in [0.4, 0.5) is 4.79 Å². The van der Waals surface area contributed by atoms with Gasteiger partial charge in [-0.15, -0.1) is 0 Å². The van der Waals surface area contributed by atoms with Gasteiger partial charge in [0.1, 0.15) is 0 Å². The molecule has 2 amide bonds. The Morgan fingerprint density at radius 2 is 1.79 bits per heavy atom. The Morgan fingerprint density at radius 3 is 2.47 bits per heavy atom. The normalized spacial score (nSPS) is 16.1. The first-order valence-corrected chi connectivity index (χ1v) is 7.31. The van der Waals surface area contributed by atoms with E-state index in [9.17, 15) is 4.79 Å². The fourth-order valence-corrected chi connectivity index (χ4v) is 2.58. The van der Waals surface area contributed by atoms with Gasteiger partial charge in [0.2, 0.25) is 0 Å². The Hall–Kier alpha value is -1.51. The molecule has 0 aromatic heterocycles. The highest BCUT2D eigenvalue weighted by Gasteiger charge is 2.13. The molecule has 0 saturated heterocycles. The fourth-order valence-electron chi connectivity index (χ4n) is 2.58. The summed E-state index contributed by atoms with van der Waals surface area (Å²) in [6.07, 6.45) is 6.52. The van der Waals surface area contributed by atoms with Crippen LogP contribution in [0.2, 0.25) is 0 Å². The van der Waals surface area contributed by atoms with Crippen molar-refractivity contribution in [3.63, 3.8) is 0 Å². The third-order valence-corrected chi connectivity index (χ3v) is 3.85. The minimum absolute atomic E-state index is 0.0499. The van der Waals surface area contributed by atoms with Crippen molar-refractivity contribution in [1.82, 2.24) is 10.6 Å². The van der Waals surface area contributed by atoms with Crippen LogP contribution in [0.25, 0.3) is 0 Å². The number of benzene rings is 1. The van der Waals surface area contributed by atoms with Crippen molar-refractivity contribution in [2.45, 2.75) is 45.6 Å². The zero-order valence-corrected chi connectivity index (χ0v) is 11.7. The van der Waals surface area contributed by atoms with Crippen LogP contribution < -0.4 is 10.6 Å². The number of carbonyl (C=O) groups excluding carboxylic acids is 1. The summed E-state index contributed by atoms with van der Waals surface area (Å²) in [7, 11) is 0. The maximum atomic E-state index is 11.7. The van der Waals surface area contributed by atoms with Crippen LogP contribution in [-0.2, 0) is 6.54 Å². The van der Waals surface area contributed by atoms with Crippen LogP contribution in [0, 0.1) is 12.8 Å². The first-order chi connectivity index (χ1) is 9.24. The largest absolute Gasteiger partial charge is 0.338 e. The standard InChI is InChI=1S/C16H24N2O/c1-13-7-9-15(10-8-13)12-18-16(19)17-11-14-5-3-2-4-6-14/h7-10,14H,2-6,11-12H2,1H3,(H2,17,18,19). The number of aryl methyl sites for hydroxylation is 1. The monoisotopic (exact) mass is 260 g/mol. The molecule has 2 rings (SSSR count). The molecule has 0 heterocycles. The molecule has 0 radical (unpaired) electrons. The highest BCUT2D eigenvalue weighted by atomic mass is 16.2. The van der Waals surface area contributed by atoms with Gasteiger partial charge in [0.05, 0.1) is 0 Å². The number of carbonyl (C=O) groups is 1. The zero-order chi connectivity index (χ0) is 13.5. The first-order valence-electron chi connectivity index (χ1n) is 7.31. The second kappa shape index (κ2) is 7.17. The summed E-state index contributed by atoms with van der Waals surface area (Å²) in [4.78, 5) is 11.7. The minimum atomic E-state index is -0.0499. The van der Waals surface area contributed by atoms with E-state index in [1.165, 1.54) is 37.7 Å².